The van der Waals surface area contributed by atoms with Crippen LogP contribution in [-0.4, -0.2) is 108 Å². The Balaban J connectivity index is 2.74. The van der Waals surface area contributed by atoms with Crippen molar-refractivity contribution >= 4 is 35.4 Å². The van der Waals surface area contributed by atoms with Gasteiger partial charge in [0.25, 0.3) is 0 Å². The van der Waals surface area contributed by atoms with Gasteiger partial charge in [0.2, 0.25) is 0 Å². The molecule has 69 heavy (non-hydrogen) atoms. The fourth-order valence-electron chi connectivity index (χ4n) is 7.66. The molecule has 0 heterocycles. The number of ether oxygens (including phenoxy) is 2. The first-order valence-corrected chi connectivity index (χ1v) is 29.8. The van der Waals surface area contributed by atoms with E-state index in [1.165, 1.54) is 103 Å². The maximum absolute atomic E-state index is 13.1. The molecule has 22 heteroatoms. The van der Waals surface area contributed by atoms with E-state index in [1.807, 2.05) is 12.2 Å². The number of hydrogen-bond acceptors (Lipinski definition) is 14. The van der Waals surface area contributed by atoms with Crippen LogP contribution in [0.2, 0.25) is 0 Å². The number of allylic oxidation sites excluding steroid dienone is 6. The van der Waals surface area contributed by atoms with Crippen molar-refractivity contribution in [2.75, 3.05) is 13.2 Å². The van der Waals surface area contributed by atoms with Gasteiger partial charge in [-0.2, -0.15) is 0 Å². The van der Waals surface area contributed by atoms with E-state index in [1.54, 1.807) is 0 Å². The summed E-state index contributed by atoms with van der Waals surface area (Å²) >= 11 is 0. The highest BCUT2D eigenvalue weighted by molar-refractivity contribution is 7.47. The van der Waals surface area contributed by atoms with Gasteiger partial charge < -0.3 is 49.3 Å². The molecular weight excluding hydrogens is 961 g/mol. The molecule has 0 aliphatic heterocycles. The Morgan fingerprint density at radius 3 is 1.33 bits per heavy atom. The van der Waals surface area contributed by atoms with Gasteiger partial charge in [-0.05, 0) is 44.9 Å². The Morgan fingerprint density at radius 2 is 0.855 bits per heavy atom. The summed E-state index contributed by atoms with van der Waals surface area (Å²) in [7, 11) is -16.6. The van der Waals surface area contributed by atoms with Crippen molar-refractivity contribution in [2.45, 2.75) is 236 Å². The molecule has 8 atom stereocenters. The normalized spacial score (nSPS) is 21.6. The van der Waals surface area contributed by atoms with Crippen LogP contribution in [0.15, 0.2) is 36.5 Å². The van der Waals surface area contributed by atoms with E-state index < -0.39 is 91.3 Å². The van der Waals surface area contributed by atoms with Gasteiger partial charge in [-0.3, -0.25) is 27.7 Å². The van der Waals surface area contributed by atoms with Crippen molar-refractivity contribution in [3.05, 3.63) is 36.5 Å². The topological polar surface area (TPSA) is 303 Å². The Kier molecular flexibility index (Phi) is 36.9. The number of carbonyl (C=O) groups excluding carboxylic acids is 2. The standard InChI is InChI=1S/C47H87O19P3/c1-3-5-7-9-11-13-15-17-19-20-22-24-26-28-30-32-34-36-41(49)63-39(37-61-40(48)35-33-31-29-27-25-23-21-18-16-14-12-10-8-6-4-2)38-62-69(59,60)66-45-42(50)43(51)46(64-67(53,54)55)47(44(45)52)65-68(56,57)58/h17,19,22,24,28,30,39,42-47,50-52H,3-16,18,20-21,23,25-27,29,31-38H2,1-2H3,(H,59,60)(H2,53,54,55)(H2,56,57,58). The molecule has 0 radical (unpaired) electrons. The number of phosphoric ester groups is 3. The average Bonchev–Trinajstić information content (AvgIpc) is 3.28. The third-order valence-corrected chi connectivity index (χ3v) is 13.5. The van der Waals surface area contributed by atoms with Gasteiger partial charge in [-0.1, -0.05) is 172 Å². The average molecular weight is 1050 g/mol. The lowest BCUT2D eigenvalue weighted by molar-refractivity contribution is -0.213. The van der Waals surface area contributed by atoms with Crippen LogP contribution in [0, 0.1) is 0 Å². The molecule has 1 aliphatic rings. The largest absolute Gasteiger partial charge is 0.472 e. The number of aliphatic hydroxyl groups is 3. The lowest BCUT2D eigenvalue weighted by Gasteiger charge is -2.44. The van der Waals surface area contributed by atoms with Crippen LogP contribution in [-0.2, 0) is 50.9 Å². The minimum absolute atomic E-state index is 0.0718. The van der Waals surface area contributed by atoms with E-state index in [9.17, 15) is 63.1 Å². The van der Waals surface area contributed by atoms with Gasteiger partial charge in [0.15, 0.2) is 6.10 Å². The Hall–Kier alpha value is -1.63. The first-order valence-electron chi connectivity index (χ1n) is 25.3. The van der Waals surface area contributed by atoms with E-state index in [0.29, 0.717) is 19.3 Å². The number of aliphatic hydroxyl groups excluding tert-OH is 3. The minimum atomic E-state index is -5.61. The number of rotatable bonds is 43. The van der Waals surface area contributed by atoms with Crippen molar-refractivity contribution in [3.8, 4) is 0 Å². The Morgan fingerprint density at radius 1 is 0.464 bits per heavy atom. The van der Waals surface area contributed by atoms with Crippen molar-refractivity contribution < 1.29 is 90.6 Å². The van der Waals surface area contributed by atoms with E-state index in [4.69, 9.17) is 18.5 Å². The second-order valence-electron chi connectivity index (χ2n) is 17.8. The van der Waals surface area contributed by atoms with Crippen LogP contribution >= 0.6 is 23.5 Å². The zero-order chi connectivity index (χ0) is 51.4. The summed E-state index contributed by atoms with van der Waals surface area (Å²) < 4.78 is 65.5. The molecule has 0 aromatic heterocycles. The van der Waals surface area contributed by atoms with Crippen molar-refractivity contribution in [2.24, 2.45) is 0 Å². The van der Waals surface area contributed by atoms with Crippen molar-refractivity contribution in [1.29, 1.82) is 0 Å². The quantitative estimate of drug-likeness (QED) is 0.0122. The summed E-state index contributed by atoms with van der Waals surface area (Å²) in [6.07, 6.45) is 24.5. The molecule has 0 aromatic rings. The fraction of sp³-hybridized carbons (Fsp3) is 0.830. The van der Waals surface area contributed by atoms with E-state index in [2.05, 4.69) is 47.2 Å². The maximum atomic E-state index is 13.1. The predicted octanol–water partition coefficient (Wildman–Crippen LogP) is 9.63. The zero-order valence-corrected chi connectivity index (χ0v) is 43.8. The molecule has 404 valence electrons. The van der Waals surface area contributed by atoms with Crippen LogP contribution in [0.4, 0.5) is 0 Å². The number of phosphoric acid groups is 3. The second-order valence-corrected chi connectivity index (χ2v) is 21.5. The second kappa shape index (κ2) is 38.9. The van der Waals surface area contributed by atoms with Crippen LogP contribution < -0.4 is 0 Å². The number of esters is 2. The zero-order valence-electron chi connectivity index (χ0n) is 41.1. The maximum Gasteiger partial charge on any atom is 0.472 e. The molecule has 0 bridgehead atoms. The third kappa shape index (κ3) is 35.2. The van der Waals surface area contributed by atoms with E-state index in [0.717, 1.165) is 44.9 Å². The molecule has 0 aromatic carbocycles. The molecular formula is C47H87O19P3. The smallest absolute Gasteiger partial charge is 0.462 e. The van der Waals surface area contributed by atoms with Crippen molar-refractivity contribution in [3.63, 3.8) is 0 Å². The lowest BCUT2D eigenvalue weighted by Crippen LogP contribution is -2.65. The first kappa shape index (κ1) is 65.4. The fourth-order valence-corrected chi connectivity index (χ4v) is 9.75. The van der Waals surface area contributed by atoms with Crippen LogP contribution in [0.25, 0.3) is 0 Å². The van der Waals surface area contributed by atoms with E-state index in [-0.39, 0.29) is 12.8 Å². The van der Waals surface area contributed by atoms with Gasteiger partial charge in [-0.15, -0.1) is 0 Å². The van der Waals surface area contributed by atoms with Gasteiger partial charge in [-0.25, -0.2) is 13.7 Å². The monoisotopic (exact) mass is 1050 g/mol. The molecule has 0 spiro atoms. The van der Waals surface area contributed by atoms with Gasteiger partial charge in [0.1, 0.15) is 43.2 Å². The highest BCUT2D eigenvalue weighted by Gasteiger charge is 2.56. The summed E-state index contributed by atoms with van der Waals surface area (Å²) in [5.74, 6) is -1.35. The highest BCUT2D eigenvalue weighted by atomic mass is 31.2. The summed E-state index contributed by atoms with van der Waals surface area (Å²) in [6, 6.07) is 0. The molecule has 1 aliphatic carbocycles. The molecule has 1 saturated carbocycles. The Labute approximate surface area is 410 Å². The molecule has 8 unspecified atom stereocenters. The third-order valence-electron chi connectivity index (χ3n) is 11.4. The summed E-state index contributed by atoms with van der Waals surface area (Å²) in [4.78, 5) is 73.3. The molecule has 0 amide bonds. The number of carbonyl (C=O) groups is 2. The SMILES string of the molecule is CCCCCCCCC=CCC=CCC=CCCCC(=O)OC(COC(=O)CCCCCCCCCCCCCCCCC)COP(=O)(O)OC1C(O)C(O)C(OP(=O)(O)O)C(OP(=O)(O)O)C1O. The summed E-state index contributed by atoms with van der Waals surface area (Å²) in [5, 5.41) is 31.9. The summed E-state index contributed by atoms with van der Waals surface area (Å²) in [5.41, 5.74) is 0. The summed E-state index contributed by atoms with van der Waals surface area (Å²) in [6.45, 7) is 2.92. The van der Waals surface area contributed by atoms with E-state index >= 15 is 0 Å². The van der Waals surface area contributed by atoms with Crippen LogP contribution in [0.5, 0.6) is 0 Å². The molecule has 1 rings (SSSR count). The van der Waals surface area contributed by atoms with Gasteiger partial charge in [0, 0.05) is 12.8 Å². The minimum Gasteiger partial charge on any atom is -0.462 e. The lowest BCUT2D eigenvalue weighted by atomic mass is 9.85. The van der Waals surface area contributed by atoms with Crippen LogP contribution in [0.3, 0.4) is 0 Å². The van der Waals surface area contributed by atoms with Crippen molar-refractivity contribution in [1.82, 2.24) is 0 Å². The van der Waals surface area contributed by atoms with Crippen LogP contribution in [0.1, 0.15) is 194 Å². The van der Waals surface area contributed by atoms with Gasteiger partial charge in [0.05, 0.1) is 6.61 Å². The highest BCUT2D eigenvalue weighted by Crippen LogP contribution is 2.51. The molecule has 0 saturated heterocycles. The molecule has 19 nitrogen and oxygen atoms in total. The molecule has 8 N–H and O–H groups in total. The molecule has 1 fully saturated rings. The predicted molar refractivity (Wildman–Crippen MR) is 261 cm³/mol. The number of hydrogen-bond donors (Lipinski definition) is 8. The van der Waals surface area contributed by atoms with Gasteiger partial charge >= 0.3 is 35.4 Å². The Bertz CT molecular complexity index is 1580. The first-order chi connectivity index (χ1) is 32.8. The number of unbranched alkanes of at least 4 members (excludes halogenated alkanes) is 21.